The summed E-state index contributed by atoms with van der Waals surface area (Å²) in [6.45, 7) is 0. The summed E-state index contributed by atoms with van der Waals surface area (Å²) in [5.74, 6) is 1.39. The fourth-order valence-electron chi connectivity index (χ4n) is 2.98. The van der Waals surface area contributed by atoms with Gasteiger partial charge in [-0.25, -0.2) is 4.98 Å². The minimum Gasteiger partial charge on any atom is -0.497 e. The zero-order valence-electron chi connectivity index (χ0n) is 15.3. The molecule has 7 nitrogen and oxygen atoms in total. The molecule has 1 amide bonds. The molecule has 4 aromatic rings. The van der Waals surface area contributed by atoms with Gasteiger partial charge in [-0.3, -0.25) is 9.89 Å². The summed E-state index contributed by atoms with van der Waals surface area (Å²) in [4.78, 5) is 18.3. The van der Waals surface area contributed by atoms with Crippen molar-refractivity contribution in [1.29, 1.82) is 0 Å². The zero-order valence-corrected chi connectivity index (χ0v) is 15.3. The van der Waals surface area contributed by atoms with E-state index in [4.69, 9.17) is 9.72 Å². The van der Waals surface area contributed by atoms with Crippen LogP contribution in [0.3, 0.4) is 0 Å². The highest BCUT2D eigenvalue weighted by atomic mass is 16.5. The number of rotatable bonds is 4. The largest absolute Gasteiger partial charge is 0.497 e. The third-order valence-corrected chi connectivity index (χ3v) is 4.39. The van der Waals surface area contributed by atoms with Gasteiger partial charge in [0.2, 0.25) is 0 Å². The van der Waals surface area contributed by atoms with E-state index in [1.165, 1.54) is 0 Å². The highest BCUT2D eigenvalue weighted by Crippen LogP contribution is 2.31. The number of carbonyl (C=O) groups is 1. The molecule has 4 rings (SSSR count). The number of hydrogen-bond donors (Lipinski definition) is 2. The lowest BCUT2D eigenvalue weighted by atomic mass is 10.1. The molecule has 0 saturated carbocycles. The van der Waals surface area contributed by atoms with Crippen molar-refractivity contribution in [2.75, 3.05) is 26.5 Å². The Labute approximate surface area is 156 Å². The monoisotopic (exact) mass is 361 g/mol. The molecule has 27 heavy (non-hydrogen) atoms. The number of ether oxygens (including phenoxy) is 1. The van der Waals surface area contributed by atoms with Gasteiger partial charge in [-0.2, -0.15) is 5.10 Å². The first-order chi connectivity index (χ1) is 13.1. The van der Waals surface area contributed by atoms with Gasteiger partial charge >= 0.3 is 0 Å². The number of fused-ring (bicyclic) bond motifs is 3. The van der Waals surface area contributed by atoms with Crippen LogP contribution in [0.25, 0.3) is 21.8 Å². The molecule has 0 aliphatic carbocycles. The number of aromatic nitrogens is 3. The van der Waals surface area contributed by atoms with Gasteiger partial charge in [-0.15, -0.1) is 0 Å². The third-order valence-electron chi connectivity index (χ3n) is 4.39. The average Bonchev–Trinajstić information content (AvgIpc) is 3.18. The molecule has 2 aromatic heterocycles. The Balaban J connectivity index is 1.73. The number of carbonyl (C=O) groups excluding carboxylic acids is 1. The predicted octanol–water partition coefficient (Wildman–Crippen LogP) is 3.57. The second-order valence-corrected chi connectivity index (χ2v) is 6.39. The quantitative estimate of drug-likeness (QED) is 0.581. The lowest BCUT2D eigenvalue weighted by Gasteiger charge is -2.12. The Hall–Kier alpha value is -3.61. The number of benzene rings is 2. The fourth-order valence-corrected chi connectivity index (χ4v) is 2.98. The SMILES string of the molecule is COc1ccc2nc(Nc3ccc(C(=O)N(C)C)cc3)c3n[nH]cc3c2c1. The predicted molar refractivity (Wildman–Crippen MR) is 106 cm³/mol. The van der Waals surface area contributed by atoms with Crippen LogP contribution in [0.15, 0.2) is 48.7 Å². The van der Waals surface area contributed by atoms with Gasteiger partial charge in [0, 0.05) is 42.3 Å². The van der Waals surface area contributed by atoms with E-state index in [-0.39, 0.29) is 5.91 Å². The molecular weight excluding hydrogens is 342 g/mol. The maximum atomic E-state index is 12.0. The van der Waals surface area contributed by atoms with E-state index in [1.54, 1.807) is 38.2 Å². The summed E-state index contributed by atoms with van der Waals surface area (Å²) in [7, 11) is 5.11. The van der Waals surface area contributed by atoms with Crippen molar-refractivity contribution >= 4 is 39.2 Å². The van der Waals surface area contributed by atoms with Gasteiger partial charge in [0.1, 0.15) is 11.3 Å². The molecule has 0 aliphatic rings. The normalized spacial score (nSPS) is 10.9. The summed E-state index contributed by atoms with van der Waals surface area (Å²) in [5.41, 5.74) is 3.04. The number of aromatic amines is 1. The Kier molecular flexibility index (Phi) is 4.12. The molecule has 7 heteroatoms. The Bertz CT molecular complexity index is 1130. The lowest BCUT2D eigenvalue weighted by Crippen LogP contribution is -2.21. The van der Waals surface area contributed by atoms with Crippen molar-refractivity contribution in [2.24, 2.45) is 0 Å². The van der Waals surface area contributed by atoms with E-state index in [9.17, 15) is 4.79 Å². The smallest absolute Gasteiger partial charge is 0.253 e. The van der Waals surface area contributed by atoms with Crippen molar-refractivity contribution in [3.63, 3.8) is 0 Å². The molecule has 0 unspecified atom stereocenters. The molecule has 0 radical (unpaired) electrons. The number of H-pyrrole nitrogens is 1. The first kappa shape index (κ1) is 16.8. The van der Waals surface area contributed by atoms with Crippen molar-refractivity contribution < 1.29 is 9.53 Å². The van der Waals surface area contributed by atoms with Crippen LogP contribution in [0.4, 0.5) is 11.5 Å². The van der Waals surface area contributed by atoms with Crippen LogP contribution in [0, 0.1) is 0 Å². The first-order valence-corrected chi connectivity index (χ1v) is 8.47. The average molecular weight is 361 g/mol. The van der Waals surface area contributed by atoms with Crippen LogP contribution >= 0.6 is 0 Å². The van der Waals surface area contributed by atoms with E-state index in [0.717, 1.165) is 33.2 Å². The van der Waals surface area contributed by atoms with Gasteiger partial charge in [0.15, 0.2) is 5.82 Å². The summed E-state index contributed by atoms with van der Waals surface area (Å²) in [5, 5.41) is 12.5. The molecule has 0 bridgehead atoms. The Morgan fingerprint density at radius 1 is 1.11 bits per heavy atom. The van der Waals surface area contributed by atoms with E-state index in [1.807, 2.05) is 36.5 Å². The molecule has 2 aromatic carbocycles. The number of anilines is 2. The van der Waals surface area contributed by atoms with Crippen LogP contribution in [-0.4, -0.2) is 47.2 Å². The maximum Gasteiger partial charge on any atom is 0.253 e. The molecule has 0 aliphatic heterocycles. The maximum absolute atomic E-state index is 12.0. The van der Waals surface area contributed by atoms with Gasteiger partial charge in [-0.05, 0) is 42.5 Å². The van der Waals surface area contributed by atoms with Crippen molar-refractivity contribution in [3.05, 3.63) is 54.2 Å². The molecule has 2 heterocycles. The summed E-state index contributed by atoms with van der Waals surface area (Å²) in [6.07, 6.45) is 1.85. The molecular formula is C20H19N5O2. The van der Waals surface area contributed by atoms with Crippen molar-refractivity contribution in [2.45, 2.75) is 0 Å². The first-order valence-electron chi connectivity index (χ1n) is 8.47. The highest BCUT2D eigenvalue weighted by Gasteiger charge is 2.13. The fraction of sp³-hybridized carbons (Fsp3) is 0.150. The number of hydrogen-bond acceptors (Lipinski definition) is 5. The second-order valence-electron chi connectivity index (χ2n) is 6.39. The Morgan fingerprint density at radius 2 is 1.89 bits per heavy atom. The summed E-state index contributed by atoms with van der Waals surface area (Å²) < 4.78 is 5.32. The number of nitrogens with one attached hydrogen (secondary N) is 2. The van der Waals surface area contributed by atoms with Crippen molar-refractivity contribution in [3.8, 4) is 5.75 Å². The topological polar surface area (TPSA) is 83.1 Å². The zero-order chi connectivity index (χ0) is 19.0. The Morgan fingerprint density at radius 3 is 2.59 bits per heavy atom. The van der Waals surface area contributed by atoms with E-state index < -0.39 is 0 Å². The molecule has 0 fully saturated rings. The van der Waals surface area contributed by atoms with Crippen LogP contribution in [0.2, 0.25) is 0 Å². The number of methoxy groups -OCH3 is 1. The summed E-state index contributed by atoms with van der Waals surface area (Å²) >= 11 is 0. The summed E-state index contributed by atoms with van der Waals surface area (Å²) in [6, 6.07) is 13.0. The molecule has 0 spiro atoms. The minimum atomic E-state index is -0.0333. The second kappa shape index (κ2) is 6.60. The van der Waals surface area contributed by atoms with Gasteiger partial charge in [0.05, 0.1) is 12.6 Å². The van der Waals surface area contributed by atoms with Gasteiger partial charge in [-0.1, -0.05) is 0 Å². The van der Waals surface area contributed by atoms with Crippen LogP contribution < -0.4 is 10.1 Å². The number of nitrogens with zero attached hydrogens (tertiary/aromatic N) is 3. The van der Waals surface area contributed by atoms with Gasteiger partial charge in [0.25, 0.3) is 5.91 Å². The van der Waals surface area contributed by atoms with Gasteiger partial charge < -0.3 is 15.0 Å². The van der Waals surface area contributed by atoms with Crippen LogP contribution in [-0.2, 0) is 0 Å². The lowest BCUT2D eigenvalue weighted by molar-refractivity contribution is 0.0827. The minimum absolute atomic E-state index is 0.0333. The third kappa shape index (κ3) is 3.03. The van der Waals surface area contributed by atoms with Crippen LogP contribution in [0.1, 0.15) is 10.4 Å². The standard InChI is InChI=1S/C20H19N5O2/c1-25(2)20(26)12-4-6-13(7-5-12)22-19-18-16(11-21-24-18)15-10-14(27-3)8-9-17(15)23-19/h4-11H,1-3H3,(H,21,24)(H,22,23). The number of pyridine rings is 1. The van der Waals surface area contributed by atoms with E-state index in [2.05, 4.69) is 15.5 Å². The van der Waals surface area contributed by atoms with E-state index >= 15 is 0 Å². The number of amides is 1. The molecule has 136 valence electrons. The van der Waals surface area contributed by atoms with Crippen LogP contribution in [0.5, 0.6) is 5.75 Å². The van der Waals surface area contributed by atoms with E-state index in [0.29, 0.717) is 11.4 Å². The molecule has 0 saturated heterocycles. The van der Waals surface area contributed by atoms with Crippen molar-refractivity contribution in [1.82, 2.24) is 20.1 Å². The molecule has 0 atom stereocenters. The highest BCUT2D eigenvalue weighted by molar-refractivity contribution is 6.09. The molecule has 2 N–H and O–H groups in total.